The van der Waals surface area contributed by atoms with E-state index < -0.39 is 10.0 Å². The van der Waals surface area contributed by atoms with Gasteiger partial charge in [0.1, 0.15) is 11.8 Å². The highest BCUT2D eigenvalue weighted by molar-refractivity contribution is 7.92. The smallest absolute Gasteiger partial charge is 0.232 e. The van der Waals surface area contributed by atoms with Gasteiger partial charge in [-0.25, -0.2) is 8.42 Å². The van der Waals surface area contributed by atoms with Gasteiger partial charge in [-0.2, -0.15) is 5.26 Å². The van der Waals surface area contributed by atoms with Crippen LogP contribution in [0.2, 0.25) is 0 Å². The molecule has 0 unspecified atom stereocenters. The lowest BCUT2D eigenvalue weighted by atomic mass is 9.92. The van der Waals surface area contributed by atoms with E-state index in [1.54, 1.807) is 12.1 Å². The Labute approximate surface area is 193 Å². The molecule has 8 heteroatoms. The largest absolute Gasteiger partial charge is 0.494 e. The number of hydrogen-bond acceptors (Lipinski definition) is 4. The van der Waals surface area contributed by atoms with Crippen molar-refractivity contribution in [2.24, 2.45) is 0 Å². The maximum atomic E-state index is 12.2. The lowest BCUT2D eigenvalue weighted by Gasteiger charge is -2.30. The highest BCUT2D eigenvalue weighted by Crippen LogP contribution is 2.43. The van der Waals surface area contributed by atoms with Crippen LogP contribution in [-0.2, 0) is 10.0 Å². The van der Waals surface area contributed by atoms with Gasteiger partial charge in [0.25, 0.3) is 0 Å². The topological polar surface area (TPSA) is 84.1 Å². The molecule has 6 nitrogen and oxygen atoms in total. The van der Waals surface area contributed by atoms with Gasteiger partial charge in [-0.15, -0.1) is 11.6 Å². The van der Waals surface area contributed by atoms with Crippen LogP contribution in [0.3, 0.4) is 0 Å². The summed E-state index contributed by atoms with van der Waals surface area (Å²) in [5.41, 5.74) is 3.87. The van der Waals surface area contributed by atoms with Crippen molar-refractivity contribution in [3.8, 4) is 23.1 Å². The number of halogens is 1. The number of benzene rings is 2. The molecule has 1 aliphatic rings. The van der Waals surface area contributed by atoms with E-state index in [2.05, 4.69) is 15.4 Å². The van der Waals surface area contributed by atoms with Crippen LogP contribution in [0.5, 0.6) is 5.75 Å². The standard InChI is InChI=1S/C24H26ClN3O3S/c1-2-31-20-11-12-21-22(16-26)24(28(23(21)15-20)19-5-3-6-19)17-7-9-18(10-8-17)27-32(29,30)14-4-13-25/h7-12,15,19,27H,2-6,13-14H2,1H3. The fourth-order valence-electron chi connectivity index (χ4n) is 4.14. The van der Waals surface area contributed by atoms with E-state index in [1.165, 1.54) is 6.42 Å². The normalized spacial score (nSPS) is 14.2. The second-order valence-corrected chi connectivity index (χ2v) is 10.2. The average molecular weight is 472 g/mol. The molecular formula is C24H26ClN3O3S. The number of alkyl halides is 1. The molecule has 3 aromatic rings. The first-order valence-electron chi connectivity index (χ1n) is 10.8. The lowest BCUT2D eigenvalue weighted by molar-refractivity contribution is 0.322. The first kappa shape index (κ1) is 22.5. The fraction of sp³-hybridized carbons (Fsp3) is 0.375. The van der Waals surface area contributed by atoms with Crippen molar-refractivity contribution >= 4 is 38.2 Å². The molecule has 2 aromatic carbocycles. The average Bonchev–Trinajstić information content (AvgIpc) is 3.05. The molecule has 1 heterocycles. The highest BCUT2D eigenvalue weighted by atomic mass is 35.5. The number of nitrogens with zero attached hydrogens (tertiary/aromatic N) is 2. The minimum atomic E-state index is -3.44. The number of fused-ring (bicyclic) bond motifs is 1. The predicted octanol–water partition coefficient (Wildman–Crippen LogP) is 5.67. The monoisotopic (exact) mass is 471 g/mol. The molecule has 1 N–H and O–H groups in total. The van der Waals surface area contributed by atoms with E-state index in [0.29, 0.717) is 36.2 Å². The molecule has 1 aromatic heterocycles. The fourth-order valence-corrected chi connectivity index (χ4v) is 5.55. The zero-order valence-electron chi connectivity index (χ0n) is 18.0. The minimum absolute atomic E-state index is 0.0189. The van der Waals surface area contributed by atoms with E-state index >= 15 is 0 Å². The SMILES string of the molecule is CCOc1ccc2c(C#N)c(-c3ccc(NS(=O)(=O)CCCCl)cc3)n(C3CCC3)c2c1. The van der Waals surface area contributed by atoms with Gasteiger partial charge in [0.15, 0.2) is 0 Å². The first-order chi connectivity index (χ1) is 15.5. The molecule has 0 spiro atoms. The van der Waals surface area contributed by atoms with Crippen molar-refractivity contribution < 1.29 is 13.2 Å². The molecule has 4 rings (SSSR count). The van der Waals surface area contributed by atoms with Crippen molar-refractivity contribution in [2.75, 3.05) is 23.0 Å². The predicted molar refractivity (Wildman–Crippen MR) is 129 cm³/mol. The van der Waals surface area contributed by atoms with Crippen molar-refractivity contribution in [1.29, 1.82) is 5.26 Å². The Morgan fingerprint density at radius 3 is 2.56 bits per heavy atom. The molecule has 32 heavy (non-hydrogen) atoms. The third-order valence-electron chi connectivity index (χ3n) is 5.82. The van der Waals surface area contributed by atoms with Crippen molar-refractivity contribution in [3.63, 3.8) is 0 Å². The number of nitriles is 1. The molecule has 0 amide bonds. The van der Waals surface area contributed by atoms with Crippen LogP contribution in [0.1, 0.15) is 44.2 Å². The summed E-state index contributed by atoms with van der Waals surface area (Å²) in [6, 6.07) is 15.8. The summed E-state index contributed by atoms with van der Waals surface area (Å²) in [4.78, 5) is 0. The van der Waals surface area contributed by atoms with Crippen LogP contribution in [0.15, 0.2) is 42.5 Å². The van der Waals surface area contributed by atoms with E-state index in [9.17, 15) is 13.7 Å². The van der Waals surface area contributed by atoms with Gasteiger partial charge < -0.3 is 9.30 Å². The number of rotatable bonds is 9. The Kier molecular flexibility index (Phi) is 6.63. The van der Waals surface area contributed by atoms with Gasteiger partial charge in [-0.1, -0.05) is 12.1 Å². The van der Waals surface area contributed by atoms with Gasteiger partial charge in [-0.3, -0.25) is 4.72 Å². The van der Waals surface area contributed by atoms with Gasteiger partial charge in [0.05, 0.1) is 29.1 Å². The van der Waals surface area contributed by atoms with Crippen molar-refractivity contribution in [1.82, 2.24) is 4.57 Å². The van der Waals surface area contributed by atoms with Gasteiger partial charge >= 0.3 is 0 Å². The number of ether oxygens (including phenoxy) is 1. The van der Waals surface area contributed by atoms with E-state index in [0.717, 1.165) is 40.8 Å². The van der Waals surface area contributed by atoms with Crippen LogP contribution in [0, 0.1) is 11.3 Å². The number of hydrogen-bond donors (Lipinski definition) is 1. The number of sulfonamides is 1. The third-order valence-corrected chi connectivity index (χ3v) is 7.46. The molecule has 1 aliphatic carbocycles. The van der Waals surface area contributed by atoms with Crippen molar-refractivity contribution in [2.45, 2.75) is 38.6 Å². The van der Waals surface area contributed by atoms with Crippen LogP contribution < -0.4 is 9.46 Å². The summed E-state index contributed by atoms with van der Waals surface area (Å²) in [6.45, 7) is 2.53. The summed E-state index contributed by atoms with van der Waals surface area (Å²) in [6.07, 6.45) is 3.70. The second kappa shape index (κ2) is 9.43. The Hall–Kier alpha value is -2.69. The molecular weight excluding hydrogens is 446 g/mol. The van der Waals surface area contributed by atoms with Gasteiger partial charge in [0.2, 0.25) is 10.0 Å². The highest BCUT2D eigenvalue weighted by Gasteiger charge is 2.28. The number of anilines is 1. The maximum Gasteiger partial charge on any atom is 0.232 e. The Morgan fingerprint density at radius 1 is 1.22 bits per heavy atom. The number of nitrogens with one attached hydrogen (secondary N) is 1. The third kappa shape index (κ3) is 4.43. The van der Waals surface area contributed by atoms with Gasteiger partial charge in [-0.05, 0) is 62.4 Å². The van der Waals surface area contributed by atoms with Crippen LogP contribution in [0.25, 0.3) is 22.2 Å². The molecule has 1 saturated carbocycles. The molecule has 0 atom stereocenters. The molecule has 0 radical (unpaired) electrons. The van der Waals surface area contributed by atoms with Gasteiger partial charge in [0, 0.05) is 29.1 Å². The zero-order valence-corrected chi connectivity index (χ0v) is 19.5. The Morgan fingerprint density at radius 2 is 1.97 bits per heavy atom. The van der Waals surface area contributed by atoms with E-state index in [4.69, 9.17) is 16.3 Å². The quantitative estimate of drug-likeness (QED) is 0.407. The summed E-state index contributed by atoms with van der Waals surface area (Å²) in [5, 5.41) is 10.9. The molecule has 0 bridgehead atoms. The minimum Gasteiger partial charge on any atom is -0.494 e. The van der Waals surface area contributed by atoms with Crippen LogP contribution >= 0.6 is 11.6 Å². The summed E-state index contributed by atoms with van der Waals surface area (Å²) < 4.78 is 34.9. The Bertz CT molecular complexity index is 1260. The summed E-state index contributed by atoms with van der Waals surface area (Å²) >= 11 is 5.62. The van der Waals surface area contributed by atoms with Crippen molar-refractivity contribution in [3.05, 3.63) is 48.0 Å². The summed E-state index contributed by atoms with van der Waals surface area (Å²) in [5.74, 6) is 1.07. The number of aromatic nitrogens is 1. The molecule has 168 valence electrons. The molecule has 1 fully saturated rings. The Balaban J connectivity index is 1.77. The lowest BCUT2D eigenvalue weighted by Crippen LogP contribution is -2.18. The maximum absolute atomic E-state index is 12.2. The van der Waals surface area contributed by atoms with Crippen LogP contribution in [0.4, 0.5) is 5.69 Å². The summed E-state index contributed by atoms with van der Waals surface area (Å²) in [7, 11) is -3.44. The first-order valence-corrected chi connectivity index (χ1v) is 13.0. The molecule has 0 saturated heterocycles. The van der Waals surface area contributed by atoms with E-state index in [1.807, 2.05) is 37.3 Å². The molecule has 0 aliphatic heterocycles. The van der Waals surface area contributed by atoms with E-state index in [-0.39, 0.29) is 5.75 Å². The zero-order chi connectivity index (χ0) is 22.7. The van der Waals surface area contributed by atoms with Crippen LogP contribution in [-0.4, -0.2) is 31.2 Å². The second-order valence-electron chi connectivity index (χ2n) is 7.94.